The molecule has 1 saturated carbocycles. The summed E-state index contributed by atoms with van der Waals surface area (Å²) in [5.41, 5.74) is 3.61. The van der Waals surface area contributed by atoms with Crippen LogP contribution in [0.15, 0.2) is 42.5 Å². The molecule has 2 amide bonds. The van der Waals surface area contributed by atoms with E-state index in [1.165, 1.54) is 18.2 Å². The molecule has 2 atom stereocenters. The number of carboxylic acid groups (broad SMARTS) is 1. The average Bonchev–Trinajstić information content (AvgIpc) is 3.01. The lowest BCUT2D eigenvalue weighted by Crippen LogP contribution is -2.48. The van der Waals surface area contributed by atoms with Gasteiger partial charge in [-0.1, -0.05) is 62.4 Å². The lowest BCUT2D eigenvalue weighted by Gasteiger charge is -2.32. The Morgan fingerprint density at radius 1 is 1.05 bits per heavy atom. The molecule has 2 aliphatic rings. The molecule has 2 aromatic rings. The van der Waals surface area contributed by atoms with Crippen molar-refractivity contribution in [2.75, 3.05) is 36.6 Å². The predicted molar refractivity (Wildman–Crippen MR) is 174 cm³/mol. The van der Waals surface area contributed by atoms with Gasteiger partial charge in [-0.3, -0.25) is 9.59 Å². The number of sulfone groups is 1. The van der Waals surface area contributed by atoms with Crippen molar-refractivity contribution in [2.24, 2.45) is 5.92 Å². The molecule has 9 nitrogen and oxygen atoms in total. The number of benzene rings is 2. The van der Waals surface area contributed by atoms with Crippen molar-refractivity contribution in [3.63, 3.8) is 0 Å². The number of aliphatic carboxylic acids is 1. The molecule has 1 aliphatic carbocycles. The van der Waals surface area contributed by atoms with Gasteiger partial charge in [0.15, 0.2) is 9.84 Å². The van der Waals surface area contributed by atoms with Crippen LogP contribution < -0.4 is 5.32 Å². The summed E-state index contributed by atoms with van der Waals surface area (Å²) >= 11 is 1.52. The summed E-state index contributed by atoms with van der Waals surface area (Å²) in [6.45, 7) is 2.46. The molecule has 2 N–H and O–H groups in total. The van der Waals surface area contributed by atoms with Crippen LogP contribution in [0.2, 0.25) is 0 Å². The first-order chi connectivity index (χ1) is 21.1. The smallest absolute Gasteiger partial charge is 0.326 e. The summed E-state index contributed by atoms with van der Waals surface area (Å²) in [6, 6.07) is 12.0. The Morgan fingerprint density at radius 2 is 1.75 bits per heavy atom. The van der Waals surface area contributed by atoms with E-state index < -0.39 is 33.9 Å². The van der Waals surface area contributed by atoms with Crippen LogP contribution in [0.1, 0.15) is 66.4 Å². The van der Waals surface area contributed by atoms with Gasteiger partial charge in [0.2, 0.25) is 0 Å². The van der Waals surface area contributed by atoms with Crippen molar-refractivity contribution >= 4 is 39.4 Å². The van der Waals surface area contributed by atoms with Gasteiger partial charge in [0.1, 0.15) is 12.1 Å². The van der Waals surface area contributed by atoms with Crippen LogP contribution in [0.3, 0.4) is 0 Å². The van der Waals surface area contributed by atoms with Crippen molar-refractivity contribution in [2.45, 2.75) is 70.6 Å². The molecular weight excluding hydrogens is 601 g/mol. The zero-order valence-electron chi connectivity index (χ0n) is 25.6. The number of nitrogens with zero attached hydrogens (tertiary/aromatic N) is 1. The number of aryl methyl sites for hydroxylation is 1. The Hall–Kier alpha value is -2.89. The van der Waals surface area contributed by atoms with Gasteiger partial charge in [0.25, 0.3) is 11.8 Å². The Kier molecular flexibility index (Phi) is 12.3. The number of thioether (sulfide) groups is 1. The number of ether oxygens (including phenoxy) is 1. The minimum absolute atomic E-state index is 0.0295. The minimum atomic E-state index is -3.12. The predicted octanol–water partition coefficient (Wildman–Crippen LogP) is 4.71. The molecule has 0 radical (unpaired) electrons. The Morgan fingerprint density at radius 3 is 2.41 bits per heavy atom. The van der Waals surface area contributed by atoms with Crippen molar-refractivity contribution in [1.82, 2.24) is 10.2 Å². The number of carbonyl (C=O) groups excluding carboxylic acids is 2. The Bertz CT molecular complexity index is 1410. The molecule has 2 aromatic carbocycles. The molecule has 4 rings (SSSR count). The van der Waals surface area contributed by atoms with Gasteiger partial charge in [0.05, 0.1) is 18.1 Å². The van der Waals surface area contributed by atoms with Crippen molar-refractivity contribution in [1.29, 1.82) is 0 Å². The lowest BCUT2D eigenvalue weighted by atomic mass is 9.85. The zero-order chi connectivity index (χ0) is 31.7. The lowest BCUT2D eigenvalue weighted by molar-refractivity contribution is -0.146. The first kappa shape index (κ1) is 34.0. The van der Waals surface area contributed by atoms with E-state index in [2.05, 4.69) is 5.32 Å². The van der Waals surface area contributed by atoms with Crippen LogP contribution >= 0.6 is 11.8 Å². The number of carbonyl (C=O) groups is 3. The minimum Gasteiger partial charge on any atom is -0.480 e. The number of carboxylic acids is 1. The van der Waals surface area contributed by atoms with E-state index in [9.17, 15) is 27.9 Å². The fourth-order valence-corrected chi connectivity index (χ4v) is 7.68. The normalized spacial score (nSPS) is 18.4. The summed E-state index contributed by atoms with van der Waals surface area (Å²) in [5, 5.41) is 12.4. The van der Waals surface area contributed by atoms with Crippen LogP contribution in [0, 0.1) is 12.8 Å². The second kappa shape index (κ2) is 15.9. The molecule has 11 heteroatoms. The molecule has 1 heterocycles. The highest BCUT2D eigenvalue weighted by molar-refractivity contribution is 7.98. The van der Waals surface area contributed by atoms with Crippen LogP contribution in [0.4, 0.5) is 0 Å². The number of rotatable bonds is 13. The molecule has 0 aromatic heterocycles. The standard InChI is InChI=1S/C33H44N2O7S2/c1-23-8-6-7-11-26(23)28-20-25(12-13-27(28)31(36)34-29(33(38)39)14-17-43-2)22-42-30(21-24-9-4-3-5-10-24)32(37)35-15-18-44(40,41)19-16-35/h6-8,11-13,20,24,29-30H,3-5,9-10,14-19,21-22H2,1-2H3,(H,34,36)(H,38,39)/t29?,30-/m0/s1. The van der Waals surface area contributed by atoms with Gasteiger partial charge in [-0.25, -0.2) is 13.2 Å². The van der Waals surface area contributed by atoms with E-state index in [-0.39, 0.29) is 37.1 Å². The van der Waals surface area contributed by atoms with Gasteiger partial charge in [-0.15, -0.1) is 0 Å². The molecule has 2 fully saturated rings. The second-order valence-corrected chi connectivity index (χ2v) is 15.1. The van der Waals surface area contributed by atoms with Gasteiger partial charge in [-0.05, 0) is 72.1 Å². The van der Waals surface area contributed by atoms with Crippen LogP contribution in [0.25, 0.3) is 11.1 Å². The van der Waals surface area contributed by atoms with E-state index in [4.69, 9.17) is 4.74 Å². The maximum absolute atomic E-state index is 13.6. The first-order valence-corrected chi connectivity index (χ1v) is 18.6. The van der Waals surface area contributed by atoms with Crippen LogP contribution in [0.5, 0.6) is 0 Å². The number of hydrogen-bond donors (Lipinski definition) is 2. The van der Waals surface area contributed by atoms with Crippen molar-refractivity contribution in [3.8, 4) is 11.1 Å². The summed E-state index contributed by atoms with van der Waals surface area (Å²) in [6.07, 6.45) is 7.69. The second-order valence-electron chi connectivity index (χ2n) is 11.9. The topological polar surface area (TPSA) is 130 Å². The fourth-order valence-electron chi connectivity index (χ4n) is 6.01. The quantitative estimate of drug-likeness (QED) is 0.321. The molecule has 1 aliphatic heterocycles. The van der Waals surface area contributed by atoms with Gasteiger partial charge < -0.3 is 20.1 Å². The third kappa shape index (κ3) is 9.31. The molecule has 1 unspecified atom stereocenters. The van der Waals surface area contributed by atoms with E-state index in [1.807, 2.05) is 43.5 Å². The first-order valence-electron chi connectivity index (χ1n) is 15.4. The molecule has 44 heavy (non-hydrogen) atoms. The molecule has 1 saturated heterocycles. The average molecular weight is 645 g/mol. The molecule has 240 valence electrons. The number of hydrogen-bond acceptors (Lipinski definition) is 7. The molecular formula is C33H44N2O7S2. The van der Waals surface area contributed by atoms with Crippen LogP contribution in [-0.2, 0) is 30.8 Å². The van der Waals surface area contributed by atoms with Gasteiger partial charge >= 0.3 is 5.97 Å². The van der Waals surface area contributed by atoms with Gasteiger partial charge in [0, 0.05) is 18.7 Å². The van der Waals surface area contributed by atoms with Crippen molar-refractivity contribution < 1.29 is 32.6 Å². The number of nitrogens with one attached hydrogen (secondary N) is 1. The summed E-state index contributed by atoms with van der Waals surface area (Å²) in [7, 11) is -3.12. The maximum Gasteiger partial charge on any atom is 0.326 e. The van der Waals surface area contributed by atoms with Crippen molar-refractivity contribution in [3.05, 3.63) is 59.2 Å². The Labute approximate surface area is 265 Å². The SMILES string of the molecule is CSCCC(NC(=O)c1ccc(CO[C@@H](CC2CCCCC2)C(=O)N2CCS(=O)(=O)CC2)cc1-c1ccccc1C)C(=O)O. The van der Waals surface area contributed by atoms with E-state index in [0.717, 1.165) is 42.4 Å². The summed E-state index contributed by atoms with van der Waals surface area (Å²) in [4.78, 5) is 40.5. The van der Waals surface area contributed by atoms with Crippen LogP contribution in [-0.4, -0.2) is 85.0 Å². The number of amides is 2. The highest BCUT2D eigenvalue weighted by Gasteiger charge is 2.32. The molecule has 0 spiro atoms. The Balaban J connectivity index is 1.57. The monoisotopic (exact) mass is 644 g/mol. The highest BCUT2D eigenvalue weighted by Crippen LogP contribution is 2.31. The third-order valence-electron chi connectivity index (χ3n) is 8.63. The summed E-state index contributed by atoms with van der Waals surface area (Å²) < 4.78 is 30.3. The fraction of sp³-hybridized carbons (Fsp3) is 0.545. The summed E-state index contributed by atoms with van der Waals surface area (Å²) in [5.74, 6) is -0.772. The largest absolute Gasteiger partial charge is 0.480 e. The van der Waals surface area contributed by atoms with Gasteiger partial charge in [-0.2, -0.15) is 11.8 Å². The van der Waals surface area contributed by atoms with E-state index in [0.29, 0.717) is 35.6 Å². The zero-order valence-corrected chi connectivity index (χ0v) is 27.3. The highest BCUT2D eigenvalue weighted by atomic mass is 32.2. The van der Waals surface area contributed by atoms with E-state index >= 15 is 0 Å². The third-order valence-corrected chi connectivity index (χ3v) is 10.9. The maximum atomic E-state index is 13.6. The van der Waals surface area contributed by atoms with E-state index in [1.54, 1.807) is 17.0 Å². The molecule has 0 bridgehead atoms.